The second-order valence-electron chi connectivity index (χ2n) is 4.83. The van der Waals surface area contributed by atoms with Crippen molar-refractivity contribution in [2.24, 2.45) is 0 Å². The molecule has 0 aliphatic carbocycles. The molecule has 98 valence electrons. The van der Waals surface area contributed by atoms with Crippen LogP contribution < -0.4 is 10.6 Å². The Morgan fingerprint density at radius 3 is 2.39 bits per heavy atom. The highest BCUT2D eigenvalue weighted by Crippen LogP contribution is 2.23. The maximum absolute atomic E-state index is 11.7. The van der Waals surface area contributed by atoms with Crippen LogP contribution in [0.2, 0.25) is 0 Å². The molecule has 1 aromatic rings. The molecule has 1 rings (SSSR count). The van der Waals surface area contributed by atoms with E-state index in [-0.39, 0.29) is 17.1 Å². The van der Waals surface area contributed by atoms with Gasteiger partial charge in [0.1, 0.15) is 0 Å². The van der Waals surface area contributed by atoms with Crippen molar-refractivity contribution in [3.8, 4) is 0 Å². The lowest BCUT2D eigenvalue weighted by Crippen LogP contribution is -2.43. The summed E-state index contributed by atoms with van der Waals surface area (Å²) in [5, 5.41) is 14.2. The Labute approximate surface area is 114 Å². The molecule has 18 heavy (non-hydrogen) atoms. The van der Waals surface area contributed by atoms with Gasteiger partial charge in [-0.3, -0.25) is 0 Å². The standard InChI is InChI=1S/C12H15BrN2O3/c1-12(2,3)15-11(18)14-9-6-7(10(16)17)4-5-8(9)13/h4-6H,1-3H3,(H,16,17)(H2,14,15,18). The summed E-state index contributed by atoms with van der Waals surface area (Å²) in [7, 11) is 0. The van der Waals surface area contributed by atoms with Gasteiger partial charge >= 0.3 is 12.0 Å². The molecule has 0 aromatic heterocycles. The maximum Gasteiger partial charge on any atom is 0.335 e. The predicted molar refractivity (Wildman–Crippen MR) is 73.0 cm³/mol. The fraction of sp³-hybridized carbons (Fsp3) is 0.333. The SMILES string of the molecule is CC(C)(C)NC(=O)Nc1cc(C(=O)O)ccc1Br. The summed E-state index contributed by atoms with van der Waals surface area (Å²) >= 11 is 3.25. The number of aromatic carboxylic acids is 1. The Bertz CT molecular complexity index is 481. The number of carboxylic acids is 1. The van der Waals surface area contributed by atoms with Gasteiger partial charge in [0.05, 0.1) is 11.3 Å². The molecule has 3 N–H and O–H groups in total. The van der Waals surface area contributed by atoms with Crippen molar-refractivity contribution >= 4 is 33.6 Å². The second kappa shape index (κ2) is 5.39. The minimum Gasteiger partial charge on any atom is -0.478 e. The third-order valence-corrected chi connectivity index (χ3v) is 2.64. The fourth-order valence-electron chi connectivity index (χ4n) is 1.25. The van der Waals surface area contributed by atoms with Gasteiger partial charge in [0.2, 0.25) is 0 Å². The normalized spacial score (nSPS) is 10.9. The van der Waals surface area contributed by atoms with Crippen LogP contribution in [-0.4, -0.2) is 22.6 Å². The summed E-state index contributed by atoms with van der Waals surface area (Å²) < 4.78 is 0.622. The van der Waals surface area contributed by atoms with Crippen LogP contribution >= 0.6 is 15.9 Å². The third kappa shape index (κ3) is 4.37. The number of benzene rings is 1. The van der Waals surface area contributed by atoms with Crippen molar-refractivity contribution in [3.63, 3.8) is 0 Å². The van der Waals surface area contributed by atoms with Crippen LogP contribution in [0.4, 0.5) is 10.5 Å². The number of carboxylic acid groups (broad SMARTS) is 1. The van der Waals surface area contributed by atoms with Crippen molar-refractivity contribution in [1.29, 1.82) is 0 Å². The Morgan fingerprint density at radius 1 is 1.28 bits per heavy atom. The predicted octanol–water partition coefficient (Wildman–Crippen LogP) is 3.07. The van der Waals surface area contributed by atoms with Gasteiger partial charge in [-0.05, 0) is 54.9 Å². The topological polar surface area (TPSA) is 78.4 Å². The average molecular weight is 315 g/mol. The van der Waals surface area contributed by atoms with Crippen LogP contribution in [-0.2, 0) is 0 Å². The monoisotopic (exact) mass is 314 g/mol. The first-order valence-corrected chi connectivity index (χ1v) is 6.10. The number of carbonyl (C=O) groups is 2. The van der Waals surface area contributed by atoms with Gasteiger partial charge in [0, 0.05) is 10.0 Å². The minimum atomic E-state index is -1.04. The number of rotatable bonds is 2. The van der Waals surface area contributed by atoms with E-state index in [0.717, 1.165) is 0 Å². The highest BCUT2D eigenvalue weighted by molar-refractivity contribution is 9.10. The van der Waals surface area contributed by atoms with E-state index in [1.54, 1.807) is 6.07 Å². The molecular formula is C12H15BrN2O3. The van der Waals surface area contributed by atoms with E-state index < -0.39 is 5.97 Å². The quantitative estimate of drug-likeness (QED) is 0.785. The highest BCUT2D eigenvalue weighted by atomic mass is 79.9. The largest absolute Gasteiger partial charge is 0.478 e. The molecule has 5 nitrogen and oxygen atoms in total. The van der Waals surface area contributed by atoms with E-state index in [9.17, 15) is 9.59 Å². The molecular weight excluding hydrogens is 300 g/mol. The van der Waals surface area contributed by atoms with E-state index in [2.05, 4.69) is 26.6 Å². The van der Waals surface area contributed by atoms with Crippen molar-refractivity contribution < 1.29 is 14.7 Å². The number of hydrogen-bond donors (Lipinski definition) is 3. The van der Waals surface area contributed by atoms with Crippen molar-refractivity contribution in [3.05, 3.63) is 28.2 Å². The summed E-state index contributed by atoms with van der Waals surface area (Å²) in [5.74, 6) is -1.04. The maximum atomic E-state index is 11.7. The lowest BCUT2D eigenvalue weighted by atomic mass is 10.1. The second-order valence-corrected chi connectivity index (χ2v) is 5.68. The first-order chi connectivity index (χ1) is 8.19. The van der Waals surface area contributed by atoms with Crippen LogP contribution in [0.5, 0.6) is 0 Å². The molecule has 1 aromatic carbocycles. The Morgan fingerprint density at radius 2 is 1.89 bits per heavy atom. The molecule has 2 amide bonds. The van der Waals surface area contributed by atoms with Crippen LogP contribution in [0.15, 0.2) is 22.7 Å². The minimum absolute atomic E-state index is 0.115. The molecule has 0 fully saturated rings. The number of anilines is 1. The molecule has 0 bridgehead atoms. The van der Waals surface area contributed by atoms with Gasteiger partial charge in [-0.1, -0.05) is 0 Å². The summed E-state index contributed by atoms with van der Waals surface area (Å²) in [5.41, 5.74) is 0.168. The van der Waals surface area contributed by atoms with Crippen molar-refractivity contribution in [1.82, 2.24) is 5.32 Å². The van der Waals surface area contributed by atoms with Crippen LogP contribution in [0, 0.1) is 0 Å². The summed E-state index contributed by atoms with van der Waals surface area (Å²) in [6.07, 6.45) is 0. The summed E-state index contributed by atoms with van der Waals surface area (Å²) in [4.78, 5) is 22.5. The van der Waals surface area contributed by atoms with E-state index in [4.69, 9.17) is 5.11 Å². The highest BCUT2D eigenvalue weighted by Gasteiger charge is 2.15. The van der Waals surface area contributed by atoms with E-state index >= 15 is 0 Å². The molecule has 0 aliphatic rings. The van der Waals surface area contributed by atoms with Gasteiger partial charge in [0.15, 0.2) is 0 Å². The van der Waals surface area contributed by atoms with Crippen LogP contribution in [0.25, 0.3) is 0 Å². The van der Waals surface area contributed by atoms with Gasteiger partial charge in [-0.25, -0.2) is 9.59 Å². The zero-order valence-corrected chi connectivity index (χ0v) is 12.0. The van der Waals surface area contributed by atoms with Crippen LogP contribution in [0.3, 0.4) is 0 Å². The molecule has 0 radical (unpaired) electrons. The van der Waals surface area contributed by atoms with Crippen molar-refractivity contribution in [2.75, 3.05) is 5.32 Å². The zero-order chi connectivity index (χ0) is 13.9. The Hall–Kier alpha value is -1.56. The molecule has 0 spiro atoms. The number of hydrogen-bond acceptors (Lipinski definition) is 2. The molecule has 0 heterocycles. The van der Waals surface area contributed by atoms with Gasteiger partial charge in [0.25, 0.3) is 0 Å². The molecule has 0 unspecified atom stereocenters. The first-order valence-electron chi connectivity index (χ1n) is 5.31. The third-order valence-electron chi connectivity index (χ3n) is 1.95. The van der Waals surface area contributed by atoms with Crippen LogP contribution in [0.1, 0.15) is 31.1 Å². The number of carbonyl (C=O) groups excluding carboxylic acids is 1. The van der Waals surface area contributed by atoms with Gasteiger partial charge < -0.3 is 15.7 Å². The molecule has 0 saturated heterocycles. The lowest BCUT2D eigenvalue weighted by Gasteiger charge is -2.21. The smallest absolute Gasteiger partial charge is 0.335 e. The first kappa shape index (κ1) is 14.5. The zero-order valence-electron chi connectivity index (χ0n) is 10.4. The van der Waals surface area contributed by atoms with Gasteiger partial charge in [-0.15, -0.1) is 0 Å². The summed E-state index contributed by atoms with van der Waals surface area (Å²) in [6.45, 7) is 5.57. The number of halogens is 1. The molecule has 0 aliphatic heterocycles. The van der Waals surface area contributed by atoms with Crippen molar-refractivity contribution in [2.45, 2.75) is 26.3 Å². The fourth-order valence-corrected chi connectivity index (χ4v) is 1.59. The molecule has 6 heteroatoms. The Balaban J connectivity index is 2.87. The molecule has 0 atom stereocenters. The summed E-state index contributed by atoms with van der Waals surface area (Å²) in [6, 6.07) is 4.05. The van der Waals surface area contributed by atoms with Gasteiger partial charge in [-0.2, -0.15) is 0 Å². The average Bonchev–Trinajstić information content (AvgIpc) is 2.18. The Kier molecular flexibility index (Phi) is 4.34. The number of nitrogens with one attached hydrogen (secondary N) is 2. The number of amides is 2. The van der Waals surface area contributed by atoms with E-state index in [1.807, 2.05) is 20.8 Å². The number of urea groups is 1. The van der Waals surface area contributed by atoms with E-state index in [0.29, 0.717) is 10.2 Å². The molecule has 0 saturated carbocycles. The van der Waals surface area contributed by atoms with E-state index in [1.165, 1.54) is 12.1 Å². The lowest BCUT2D eigenvalue weighted by molar-refractivity contribution is 0.0697.